The smallest absolute Gasteiger partial charge is 0.220 e. The highest BCUT2D eigenvalue weighted by Gasteiger charge is 2.14. The monoisotopic (exact) mass is 332 g/mol. The summed E-state index contributed by atoms with van der Waals surface area (Å²) in [5.41, 5.74) is 6.07. The molecule has 0 fully saturated rings. The van der Waals surface area contributed by atoms with Gasteiger partial charge in [0.05, 0.1) is 13.2 Å². The molecule has 1 aromatic rings. The first-order valence-corrected chi connectivity index (χ1v) is 7.41. The van der Waals surface area contributed by atoms with Crippen molar-refractivity contribution in [2.24, 2.45) is 5.73 Å². The van der Waals surface area contributed by atoms with Gasteiger partial charge in [0.25, 0.3) is 0 Å². The van der Waals surface area contributed by atoms with Crippen LogP contribution in [0, 0.1) is 5.82 Å². The fraction of sp³-hybridized carbons (Fsp3) is 0.562. The molecule has 126 valence electrons. The van der Waals surface area contributed by atoms with E-state index in [9.17, 15) is 9.18 Å². The van der Waals surface area contributed by atoms with Crippen LogP contribution in [-0.2, 0) is 4.79 Å². The Kier molecular flexibility index (Phi) is 10.6. The van der Waals surface area contributed by atoms with E-state index < -0.39 is 0 Å². The first kappa shape index (κ1) is 20.7. The summed E-state index contributed by atoms with van der Waals surface area (Å²) in [6.07, 6.45) is 4.38. The summed E-state index contributed by atoms with van der Waals surface area (Å²) in [7, 11) is 1.53. The molecule has 0 aromatic heterocycles. The summed E-state index contributed by atoms with van der Waals surface area (Å²) >= 11 is 0. The number of unbranched alkanes of at least 4 members (excludes halogenated alkanes) is 3. The van der Waals surface area contributed by atoms with Gasteiger partial charge in [-0.1, -0.05) is 12.8 Å². The Morgan fingerprint density at radius 2 is 2.00 bits per heavy atom. The van der Waals surface area contributed by atoms with Crippen LogP contribution in [0.1, 0.15) is 50.6 Å². The normalized spacial score (nSPS) is 11.5. The minimum Gasteiger partial charge on any atom is -0.496 e. The maximum absolute atomic E-state index is 13.3. The molecular weight excluding hydrogens is 307 g/mol. The van der Waals surface area contributed by atoms with Gasteiger partial charge in [-0.05, 0) is 44.5 Å². The van der Waals surface area contributed by atoms with E-state index in [4.69, 9.17) is 10.5 Å². The maximum atomic E-state index is 13.3. The molecule has 0 saturated heterocycles. The summed E-state index contributed by atoms with van der Waals surface area (Å²) in [5.74, 6) is 0.211. The standard InChI is InChI=1S/C16H25FN2O2.ClH/c1-12(14-11-13(17)8-9-15(14)21-2)19-16(20)7-5-3-4-6-10-18;/h8-9,11-12H,3-7,10,18H2,1-2H3,(H,19,20);1H. The SMILES string of the molecule is COc1ccc(F)cc1C(C)NC(=O)CCCCCCN.Cl. The molecule has 22 heavy (non-hydrogen) atoms. The van der Waals surface area contributed by atoms with Gasteiger partial charge < -0.3 is 15.8 Å². The Morgan fingerprint density at radius 1 is 1.32 bits per heavy atom. The number of rotatable bonds is 9. The summed E-state index contributed by atoms with van der Waals surface area (Å²) in [4.78, 5) is 11.9. The van der Waals surface area contributed by atoms with E-state index in [-0.39, 0.29) is 30.2 Å². The molecule has 0 aliphatic rings. The van der Waals surface area contributed by atoms with E-state index in [0.717, 1.165) is 25.7 Å². The fourth-order valence-corrected chi connectivity index (χ4v) is 2.22. The van der Waals surface area contributed by atoms with Crippen LogP contribution in [-0.4, -0.2) is 19.6 Å². The molecule has 6 heteroatoms. The van der Waals surface area contributed by atoms with Crippen LogP contribution >= 0.6 is 12.4 Å². The van der Waals surface area contributed by atoms with Crippen molar-refractivity contribution in [3.05, 3.63) is 29.6 Å². The summed E-state index contributed by atoms with van der Waals surface area (Å²) in [6.45, 7) is 2.52. The van der Waals surface area contributed by atoms with Crippen LogP contribution in [0.2, 0.25) is 0 Å². The van der Waals surface area contributed by atoms with Gasteiger partial charge >= 0.3 is 0 Å². The molecule has 1 rings (SSSR count). The molecule has 0 bridgehead atoms. The molecule has 1 aromatic carbocycles. The molecule has 0 aliphatic heterocycles. The lowest BCUT2D eigenvalue weighted by atomic mass is 10.1. The first-order valence-electron chi connectivity index (χ1n) is 7.41. The lowest BCUT2D eigenvalue weighted by molar-refractivity contribution is -0.121. The van der Waals surface area contributed by atoms with Crippen LogP contribution in [0.3, 0.4) is 0 Å². The summed E-state index contributed by atoms with van der Waals surface area (Å²) in [5, 5.41) is 2.88. The Labute approximate surface area is 138 Å². The summed E-state index contributed by atoms with van der Waals surface area (Å²) < 4.78 is 18.5. The molecule has 0 spiro atoms. The number of nitrogens with two attached hydrogens (primary N) is 1. The highest BCUT2D eigenvalue weighted by molar-refractivity contribution is 5.85. The summed E-state index contributed by atoms with van der Waals surface area (Å²) in [6, 6.07) is 4.02. The quantitative estimate of drug-likeness (QED) is 0.682. The Balaban J connectivity index is 0.00000441. The highest BCUT2D eigenvalue weighted by Crippen LogP contribution is 2.25. The van der Waals surface area contributed by atoms with Crippen molar-refractivity contribution in [3.8, 4) is 5.75 Å². The van der Waals surface area contributed by atoms with Gasteiger partial charge in [0, 0.05) is 12.0 Å². The predicted molar refractivity (Wildman–Crippen MR) is 88.9 cm³/mol. The van der Waals surface area contributed by atoms with Gasteiger partial charge in [-0.3, -0.25) is 4.79 Å². The van der Waals surface area contributed by atoms with Crippen molar-refractivity contribution < 1.29 is 13.9 Å². The van der Waals surface area contributed by atoms with Crippen LogP contribution < -0.4 is 15.8 Å². The predicted octanol–water partition coefficient (Wildman–Crippen LogP) is 3.34. The molecule has 1 amide bonds. The van der Waals surface area contributed by atoms with Crippen LogP contribution in [0.15, 0.2) is 18.2 Å². The first-order chi connectivity index (χ1) is 10.1. The zero-order chi connectivity index (χ0) is 15.7. The lowest BCUT2D eigenvalue weighted by Gasteiger charge is -2.17. The number of ether oxygens (including phenoxy) is 1. The Bertz CT molecular complexity index is 458. The zero-order valence-electron chi connectivity index (χ0n) is 13.2. The zero-order valence-corrected chi connectivity index (χ0v) is 14.0. The van der Waals surface area contributed by atoms with Gasteiger partial charge in [0.2, 0.25) is 5.91 Å². The number of hydrogen-bond donors (Lipinski definition) is 2. The third kappa shape index (κ3) is 7.09. The van der Waals surface area contributed by atoms with Gasteiger partial charge in [-0.15, -0.1) is 12.4 Å². The molecule has 4 nitrogen and oxygen atoms in total. The van der Waals surface area contributed by atoms with Crippen molar-refractivity contribution in [2.75, 3.05) is 13.7 Å². The van der Waals surface area contributed by atoms with E-state index in [2.05, 4.69) is 5.32 Å². The maximum Gasteiger partial charge on any atom is 0.220 e. The molecule has 1 atom stereocenters. The van der Waals surface area contributed by atoms with Gasteiger partial charge in [0.1, 0.15) is 11.6 Å². The third-order valence-corrected chi connectivity index (χ3v) is 3.39. The van der Waals surface area contributed by atoms with Gasteiger partial charge in [-0.25, -0.2) is 4.39 Å². The molecular formula is C16H26ClFN2O2. The fourth-order valence-electron chi connectivity index (χ4n) is 2.22. The number of carbonyl (C=O) groups is 1. The van der Waals surface area contributed by atoms with Crippen molar-refractivity contribution in [2.45, 2.75) is 45.1 Å². The van der Waals surface area contributed by atoms with Crippen molar-refractivity contribution >= 4 is 18.3 Å². The highest BCUT2D eigenvalue weighted by atomic mass is 35.5. The minimum atomic E-state index is -0.339. The lowest BCUT2D eigenvalue weighted by Crippen LogP contribution is -2.26. The average molecular weight is 333 g/mol. The molecule has 3 N–H and O–H groups in total. The topological polar surface area (TPSA) is 64.3 Å². The van der Waals surface area contributed by atoms with E-state index in [1.807, 2.05) is 6.92 Å². The number of amides is 1. The molecule has 1 unspecified atom stereocenters. The number of nitrogens with one attached hydrogen (secondary N) is 1. The Hall–Kier alpha value is -1.33. The van der Waals surface area contributed by atoms with Crippen molar-refractivity contribution in [1.29, 1.82) is 0 Å². The van der Waals surface area contributed by atoms with Crippen molar-refractivity contribution in [3.63, 3.8) is 0 Å². The molecule has 0 heterocycles. The molecule has 0 saturated carbocycles. The molecule has 0 aliphatic carbocycles. The van der Waals surface area contributed by atoms with Gasteiger partial charge in [-0.2, -0.15) is 0 Å². The van der Waals surface area contributed by atoms with Crippen LogP contribution in [0.25, 0.3) is 0 Å². The van der Waals surface area contributed by atoms with E-state index in [0.29, 0.717) is 24.3 Å². The van der Waals surface area contributed by atoms with Crippen LogP contribution in [0.5, 0.6) is 5.75 Å². The molecule has 0 radical (unpaired) electrons. The van der Waals surface area contributed by atoms with E-state index in [1.54, 1.807) is 6.07 Å². The second kappa shape index (κ2) is 11.3. The largest absolute Gasteiger partial charge is 0.496 e. The second-order valence-electron chi connectivity index (χ2n) is 5.13. The number of hydrogen-bond acceptors (Lipinski definition) is 3. The Morgan fingerprint density at radius 3 is 2.64 bits per heavy atom. The number of halogens is 2. The van der Waals surface area contributed by atoms with Crippen molar-refractivity contribution in [1.82, 2.24) is 5.32 Å². The third-order valence-electron chi connectivity index (χ3n) is 3.39. The van der Waals surface area contributed by atoms with Gasteiger partial charge in [0.15, 0.2) is 0 Å². The van der Waals surface area contributed by atoms with Crippen LogP contribution in [0.4, 0.5) is 4.39 Å². The average Bonchev–Trinajstić information content (AvgIpc) is 2.47. The number of methoxy groups -OCH3 is 1. The second-order valence-corrected chi connectivity index (χ2v) is 5.13. The minimum absolute atomic E-state index is 0. The van der Waals surface area contributed by atoms with E-state index >= 15 is 0 Å². The number of carbonyl (C=O) groups excluding carboxylic acids is 1. The number of benzene rings is 1. The van der Waals surface area contributed by atoms with E-state index in [1.165, 1.54) is 19.2 Å².